The maximum Gasteiger partial charge on any atom is 0.228 e. The van der Waals surface area contributed by atoms with Gasteiger partial charge in [0.25, 0.3) is 0 Å². The fourth-order valence-corrected chi connectivity index (χ4v) is 2.65. The Balaban J connectivity index is 2.46. The molecule has 1 fully saturated rings. The van der Waals surface area contributed by atoms with Gasteiger partial charge in [0.1, 0.15) is 0 Å². The molecule has 0 radical (unpaired) electrons. The largest absolute Gasteiger partial charge is 0.385 e. The highest BCUT2D eigenvalue weighted by molar-refractivity contribution is 5.83. The first-order valence-corrected chi connectivity index (χ1v) is 7.43. The van der Waals surface area contributed by atoms with Gasteiger partial charge in [-0.3, -0.25) is 4.79 Å². The van der Waals surface area contributed by atoms with Crippen molar-refractivity contribution in [1.82, 2.24) is 4.90 Å². The summed E-state index contributed by atoms with van der Waals surface area (Å²) in [6.45, 7) is 5.68. The Morgan fingerprint density at radius 1 is 1.42 bits per heavy atom. The maximum absolute atomic E-state index is 12.6. The quantitative estimate of drug-likeness (QED) is 0.734. The standard InChI is InChI=1S/C15H30N2O2/c1-12(2)13(16)6-10-17(3)14(18)15(7-5-8-15)9-11-19-4/h12-13H,5-11,16H2,1-4H3. The minimum atomic E-state index is -0.146. The van der Waals surface area contributed by atoms with Gasteiger partial charge in [0, 0.05) is 33.4 Å². The number of ether oxygens (including phenoxy) is 1. The van der Waals surface area contributed by atoms with Crippen molar-refractivity contribution in [3.63, 3.8) is 0 Å². The number of amides is 1. The molecule has 0 bridgehead atoms. The van der Waals surface area contributed by atoms with E-state index in [1.54, 1.807) is 7.11 Å². The highest BCUT2D eigenvalue weighted by atomic mass is 16.5. The molecule has 0 saturated heterocycles. The van der Waals surface area contributed by atoms with Gasteiger partial charge in [-0.05, 0) is 31.6 Å². The van der Waals surface area contributed by atoms with Crippen LogP contribution in [0.15, 0.2) is 0 Å². The van der Waals surface area contributed by atoms with Crippen molar-refractivity contribution in [3.8, 4) is 0 Å². The second-order valence-electron chi connectivity index (χ2n) is 6.30. The minimum absolute atomic E-state index is 0.146. The van der Waals surface area contributed by atoms with Crippen LogP contribution < -0.4 is 5.73 Å². The molecule has 1 aliphatic rings. The van der Waals surface area contributed by atoms with E-state index in [9.17, 15) is 4.79 Å². The second kappa shape index (κ2) is 7.25. The lowest BCUT2D eigenvalue weighted by Crippen LogP contribution is -2.48. The van der Waals surface area contributed by atoms with E-state index in [4.69, 9.17) is 10.5 Å². The van der Waals surface area contributed by atoms with Crippen LogP contribution in [0.25, 0.3) is 0 Å². The van der Waals surface area contributed by atoms with Crippen LogP contribution in [0.3, 0.4) is 0 Å². The minimum Gasteiger partial charge on any atom is -0.385 e. The Bertz CT molecular complexity index is 288. The van der Waals surface area contributed by atoms with Crippen LogP contribution in [0.1, 0.15) is 46.0 Å². The lowest BCUT2D eigenvalue weighted by atomic mass is 9.66. The molecule has 1 rings (SSSR count). The van der Waals surface area contributed by atoms with Gasteiger partial charge in [-0.15, -0.1) is 0 Å². The Labute approximate surface area is 117 Å². The Kier molecular flexibility index (Phi) is 6.27. The number of carbonyl (C=O) groups excluding carboxylic acids is 1. The first-order chi connectivity index (χ1) is 8.93. The zero-order chi connectivity index (χ0) is 14.5. The number of nitrogens with zero attached hydrogens (tertiary/aromatic N) is 1. The third kappa shape index (κ3) is 4.18. The lowest BCUT2D eigenvalue weighted by molar-refractivity contribution is -0.147. The van der Waals surface area contributed by atoms with E-state index in [0.717, 1.165) is 38.6 Å². The van der Waals surface area contributed by atoms with Crippen LogP contribution in [0.2, 0.25) is 0 Å². The molecule has 0 aromatic heterocycles. The highest BCUT2D eigenvalue weighted by Gasteiger charge is 2.44. The fraction of sp³-hybridized carbons (Fsp3) is 0.933. The van der Waals surface area contributed by atoms with E-state index in [1.807, 2.05) is 11.9 Å². The molecule has 112 valence electrons. The monoisotopic (exact) mass is 270 g/mol. The summed E-state index contributed by atoms with van der Waals surface area (Å²) in [5.41, 5.74) is 5.90. The van der Waals surface area contributed by atoms with Crippen molar-refractivity contribution < 1.29 is 9.53 Å². The molecule has 1 unspecified atom stereocenters. The molecule has 0 spiro atoms. The Hall–Kier alpha value is -0.610. The van der Waals surface area contributed by atoms with E-state index >= 15 is 0 Å². The van der Waals surface area contributed by atoms with Crippen molar-refractivity contribution in [2.75, 3.05) is 27.3 Å². The van der Waals surface area contributed by atoms with Crippen LogP contribution in [0.4, 0.5) is 0 Å². The number of carbonyl (C=O) groups is 1. The molecule has 0 heterocycles. The van der Waals surface area contributed by atoms with Crippen molar-refractivity contribution in [2.45, 2.75) is 52.0 Å². The van der Waals surface area contributed by atoms with Crippen LogP contribution >= 0.6 is 0 Å². The zero-order valence-corrected chi connectivity index (χ0v) is 12.9. The van der Waals surface area contributed by atoms with Crippen LogP contribution in [0.5, 0.6) is 0 Å². The summed E-state index contributed by atoms with van der Waals surface area (Å²) in [6, 6.07) is 0.173. The van der Waals surface area contributed by atoms with Crippen molar-refractivity contribution in [2.24, 2.45) is 17.1 Å². The number of hydrogen-bond donors (Lipinski definition) is 1. The summed E-state index contributed by atoms with van der Waals surface area (Å²) >= 11 is 0. The molecule has 1 aliphatic carbocycles. The van der Waals surface area contributed by atoms with Crippen molar-refractivity contribution in [3.05, 3.63) is 0 Å². The normalized spacial score (nSPS) is 19.1. The van der Waals surface area contributed by atoms with Crippen LogP contribution in [-0.4, -0.2) is 44.2 Å². The van der Waals surface area contributed by atoms with E-state index in [-0.39, 0.29) is 17.4 Å². The van der Waals surface area contributed by atoms with Crippen LogP contribution in [0, 0.1) is 11.3 Å². The van der Waals surface area contributed by atoms with E-state index in [0.29, 0.717) is 12.5 Å². The second-order valence-corrected chi connectivity index (χ2v) is 6.30. The molecule has 4 nitrogen and oxygen atoms in total. The zero-order valence-electron chi connectivity index (χ0n) is 12.9. The summed E-state index contributed by atoms with van der Waals surface area (Å²) in [7, 11) is 3.60. The number of rotatable bonds is 8. The van der Waals surface area contributed by atoms with Crippen LogP contribution in [-0.2, 0) is 9.53 Å². The SMILES string of the molecule is COCCC1(C(=O)N(C)CCC(N)C(C)C)CCC1. The van der Waals surface area contributed by atoms with Gasteiger partial charge in [0.15, 0.2) is 0 Å². The summed E-state index contributed by atoms with van der Waals surface area (Å²) in [4.78, 5) is 14.4. The summed E-state index contributed by atoms with van der Waals surface area (Å²) in [5.74, 6) is 0.751. The molecular formula is C15H30N2O2. The molecule has 19 heavy (non-hydrogen) atoms. The molecule has 1 amide bonds. The molecule has 1 atom stereocenters. The van der Waals surface area contributed by atoms with Gasteiger partial charge >= 0.3 is 0 Å². The van der Waals surface area contributed by atoms with Gasteiger partial charge in [-0.25, -0.2) is 0 Å². The van der Waals surface area contributed by atoms with Gasteiger partial charge in [-0.1, -0.05) is 20.3 Å². The molecule has 0 aliphatic heterocycles. The number of hydrogen-bond acceptors (Lipinski definition) is 3. The molecule has 1 saturated carbocycles. The van der Waals surface area contributed by atoms with E-state index < -0.39 is 0 Å². The van der Waals surface area contributed by atoms with Crippen molar-refractivity contribution in [1.29, 1.82) is 0 Å². The molecule has 4 heteroatoms. The third-order valence-electron chi connectivity index (χ3n) is 4.55. The fourth-order valence-electron chi connectivity index (χ4n) is 2.65. The Morgan fingerprint density at radius 3 is 2.47 bits per heavy atom. The first-order valence-electron chi connectivity index (χ1n) is 7.43. The summed E-state index contributed by atoms with van der Waals surface area (Å²) in [5, 5.41) is 0. The predicted octanol–water partition coefficient (Wildman–Crippen LogP) is 2.02. The summed E-state index contributed by atoms with van der Waals surface area (Å²) < 4.78 is 5.14. The maximum atomic E-state index is 12.6. The molecular weight excluding hydrogens is 240 g/mol. The first kappa shape index (κ1) is 16.4. The van der Waals surface area contributed by atoms with E-state index in [2.05, 4.69) is 13.8 Å². The molecule has 2 N–H and O–H groups in total. The van der Waals surface area contributed by atoms with Crippen molar-refractivity contribution >= 4 is 5.91 Å². The topological polar surface area (TPSA) is 55.6 Å². The predicted molar refractivity (Wildman–Crippen MR) is 77.8 cm³/mol. The lowest BCUT2D eigenvalue weighted by Gasteiger charge is -2.43. The number of methoxy groups -OCH3 is 1. The smallest absolute Gasteiger partial charge is 0.228 e. The molecule has 0 aromatic rings. The van der Waals surface area contributed by atoms with Gasteiger partial charge < -0.3 is 15.4 Å². The highest BCUT2D eigenvalue weighted by Crippen LogP contribution is 2.45. The molecule has 0 aromatic carbocycles. The average Bonchev–Trinajstić information content (AvgIpc) is 2.33. The number of nitrogens with two attached hydrogens (primary N) is 1. The Morgan fingerprint density at radius 2 is 2.05 bits per heavy atom. The average molecular weight is 270 g/mol. The summed E-state index contributed by atoms with van der Waals surface area (Å²) in [6.07, 6.45) is 4.91. The van der Waals surface area contributed by atoms with Gasteiger partial charge in [0.05, 0.1) is 5.41 Å². The third-order valence-corrected chi connectivity index (χ3v) is 4.55. The van der Waals surface area contributed by atoms with E-state index in [1.165, 1.54) is 0 Å². The van der Waals surface area contributed by atoms with Gasteiger partial charge in [0.2, 0.25) is 5.91 Å². The van der Waals surface area contributed by atoms with Gasteiger partial charge in [-0.2, -0.15) is 0 Å².